The van der Waals surface area contributed by atoms with Gasteiger partial charge in [-0.2, -0.15) is 0 Å². The summed E-state index contributed by atoms with van der Waals surface area (Å²) in [5.41, 5.74) is 3.60. The molecule has 4 rings (SSSR count). The summed E-state index contributed by atoms with van der Waals surface area (Å²) in [6.07, 6.45) is 6.93. The van der Waals surface area contributed by atoms with Crippen LogP contribution in [0.3, 0.4) is 0 Å². The number of rotatable bonds is 1. The van der Waals surface area contributed by atoms with E-state index in [9.17, 15) is 4.79 Å². The minimum atomic E-state index is -0.124. The SMILES string of the molecule is O=C(c1ccc(Br)cc1Cl)N1C=C2CC=CN2Cc2ccccc21. The van der Waals surface area contributed by atoms with Crippen molar-refractivity contribution in [2.45, 2.75) is 13.0 Å². The highest BCUT2D eigenvalue weighted by molar-refractivity contribution is 9.10. The van der Waals surface area contributed by atoms with Crippen LogP contribution in [0, 0.1) is 0 Å². The largest absolute Gasteiger partial charge is 0.346 e. The van der Waals surface area contributed by atoms with Crippen molar-refractivity contribution in [3.63, 3.8) is 0 Å². The van der Waals surface area contributed by atoms with Crippen molar-refractivity contribution in [2.24, 2.45) is 0 Å². The Labute approximate surface area is 154 Å². The van der Waals surface area contributed by atoms with Gasteiger partial charge >= 0.3 is 0 Å². The van der Waals surface area contributed by atoms with E-state index >= 15 is 0 Å². The summed E-state index contributed by atoms with van der Waals surface area (Å²) in [7, 11) is 0. The van der Waals surface area contributed by atoms with Crippen molar-refractivity contribution in [1.82, 2.24) is 4.90 Å². The fourth-order valence-electron chi connectivity index (χ4n) is 3.04. The van der Waals surface area contributed by atoms with Gasteiger partial charge in [-0.1, -0.05) is 51.8 Å². The predicted molar refractivity (Wildman–Crippen MR) is 99.8 cm³/mol. The maximum absolute atomic E-state index is 13.2. The van der Waals surface area contributed by atoms with Crippen LogP contribution in [-0.4, -0.2) is 10.8 Å². The quantitative estimate of drug-likeness (QED) is 0.645. The summed E-state index contributed by atoms with van der Waals surface area (Å²) >= 11 is 9.68. The van der Waals surface area contributed by atoms with Gasteiger partial charge in [0, 0.05) is 35.5 Å². The van der Waals surface area contributed by atoms with Gasteiger partial charge in [0.15, 0.2) is 0 Å². The normalized spacial score (nSPS) is 15.7. The molecule has 0 saturated carbocycles. The molecule has 0 N–H and O–H groups in total. The average molecular weight is 402 g/mol. The molecule has 0 radical (unpaired) electrons. The molecule has 2 aromatic carbocycles. The van der Waals surface area contributed by atoms with Crippen molar-refractivity contribution in [3.8, 4) is 0 Å². The van der Waals surface area contributed by atoms with E-state index in [0.29, 0.717) is 10.6 Å². The summed E-state index contributed by atoms with van der Waals surface area (Å²) < 4.78 is 0.852. The lowest BCUT2D eigenvalue weighted by Gasteiger charge is -2.20. The number of carbonyl (C=O) groups excluding carboxylic acids is 1. The Morgan fingerprint density at radius 3 is 2.83 bits per heavy atom. The molecule has 0 spiro atoms. The monoisotopic (exact) mass is 400 g/mol. The Morgan fingerprint density at radius 1 is 1.17 bits per heavy atom. The van der Waals surface area contributed by atoms with Crippen LogP contribution < -0.4 is 4.90 Å². The zero-order chi connectivity index (χ0) is 16.7. The van der Waals surface area contributed by atoms with Gasteiger partial charge in [-0.15, -0.1) is 0 Å². The number of para-hydroxylation sites is 1. The molecule has 0 atom stereocenters. The molecule has 24 heavy (non-hydrogen) atoms. The molecule has 2 heterocycles. The molecular formula is C19H14BrClN2O. The minimum absolute atomic E-state index is 0.124. The maximum Gasteiger partial charge on any atom is 0.263 e. The number of halogens is 2. The molecule has 0 unspecified atom stereocenters. The smallest absolute Gasteiger partial charge is 0.263 e. The first-order valence-corrected chi connectivity index (χ1v) is 8.81. The minimum Gasteiger partial charge on any atom is -0.346 e. The van der Waals surface area contributed by atoms with E-state index in [0.717, 1.165) is 34.4 Å². The van der Waals surface area contributed by atoms with Gasteiger partial charge in [0.25, 0.3) is 5.91 Å². The standard InChI is InChI=1S/C19H14BrClN2O/c20-14-7-8-16(17(21)10-14)19(24)23-12-15-5-3-9-22(15)11-13-4-1-2-6-18(13)23/h1-4,6-10,12H,5,11H2. The Morgan fingerprint density at radius 2 is 2.00 bits per heavy atom. The average Bonchev–Trinajstić information content (AvgIpc) is 2.93. The molecule has 3 nitrogen and oxygen atoms in total. The first-order chi connectivity index (χ1) is 11.6. The summed E-state index contributed by atoms with van der Waals surface area (Å²) in [5.74, 6) is -0.124. The lowest BCUT2D eigenvalue weighted by atomic mass is 10.1. The number of hydrogen-bond acceptors (Lipinski definition) is 2. The third kappa shape index (κ3) is 2.66. The van der Waals surface area contributed by atoms with E-state index in [2.05, 4.69) is 39.2 Å². The second-order valence-corrected chi connectivity index (χ2v) is 7.09. The van der Waals surface area contributed by atoms with Gasteiger partial charge in [-0.3, -0.25) is 9.69 Å². The lowest BCUT2D eigenvalue weighted by molar-refractivity contribution is 0.0997. The second-order valence-electron chi connectivity index (χ2n) is 5.77. The van der Waals surface area contributed by atoms with Crippen molar-refractivity contribution >= 4 is 39.1 Å². The Kier molecular flexibility index (Phi) is 3.94. The van der Waals surface area contributed by atoms with Crippen LogP contribution in [-0.2, 0) is 6.54 Å². The van der Waals surface area contributed by atoms with Crippen LogP contribution in [0.5, 0.6) is 0 Å². The van der Waals surface area contributed by atoms with Crippen molar-refractivity contribution < 1.29 is 4.79 Å². The van der Waals surface area contributed by atoms with Crippen molar-refractivity contribution in [3.05, 3.63) is 87.3 Å². The third-order valence-corrected chi connectivity index (χ3v) is 5.04. The lowest BCUT2D eigenvalue weighted by Crippen LogP contribution is -2.26. The van der Waals surface area contributed by atoms with Crippen molar-refractivity contribution in [2.75, 3.05) is 4.90 Å². The highest BCUT2D eigenvalue weighted by Gasteiger charge is 2.26. The Balaban J connectivity index is 1.83. The van der Waals surface area contributed by atoms with Crippen LogP contribution in [0.15, 0.2) is 71.1 Å². The molecule has 5 heteroatoms. The van der Waals surface area contributed by atoms with E-state index in [1.807, 2.05) is 30.5 Å². The van der Waals surface area contributed by atoms with Gasteiger partial charge in [0.2, 0.25) is 0 Å². The van der Waals surface area contributed by atoms with Gasteiger partial charge in [-0.05, 0) is 29.8 Å². The molecule has 0 bridgehead atoms. The summed E-state index contributed by atoms with van der Waals surface area (Å²) in [6.45, 7) is 0.760. The number of allylic oxidation sites excluding steroid dienone is 1. The summed E-state index contributed by atoms with van der Waals surface area (Å²) in [6, 6.07) is 13.3. The molecule has 0 fully saturated rings. The highest BCUT2D eigenvalue weighted by atomic mass is 79.9. The first-order valence-electron chi connectivity index (χ1n) is 7.64. The van der Waals surface area contributed by atoms with Crippen LogP contribution in [0.4, 0.5) is 5.69 Å². The molecule has 2 aliphatic rings. The predicted octanol–water partition coefficient (Wildman–Crippen LogP) is 5.32. The third-order valence-electron chi connectivity index (χ3n) is 4.23. The first kappa shape index (κ1) is 15.5. The van der Waals surface area contributed by atoms with Gasteiger partial charge < -0.3 is 4.90 Å². The number of hydrogen-bond donors (Lipinski definition) is 0. The van der Waals surface area contributed by atoms with Gasteiger partial charge in [0.05, 0.1) is 16.3 Å². The van der Waals surface area contributed by atoms with E-state index in [1.165, 1.54) is 0 Å². The number of amides is 1. The van der Waals surface area contributed by atoms with Crippen LogP contribution in [0.2, 0.25) is 5.02 Å². The molecule has 0 saturated heterocycles. The van der Waals surface area contributed by atoms with Crippen molar-refractivity contribution in [1.29, 1.82) is 0 Å². The second kappa shape index (κ2) is 6.11. The highest BCUT2D eigenvalue weighted by Crippen LogP contribution is 2.34. The number of fused-ring (bicyclic) bond motifs is 2. The Hall–Kier alpha value is -2.04. The zero-order valence-corrected chi connectivity index (χ0v) is 15.1. The fraction of sp³-hybridized carbons (Fsp3) is 0.105. The molecule has 2 aliphatic heterocycles. The molecule has 120 valence electrons. The van der Waals surface area contributed by atoms with Crippen LogP contribution in [0.25, 0.3) is 0 Å². The maximum atomic E-state index is 13.2. The van der Waals surface area contributed by atoms with Gasteiger partial charge in [-0.25, -0.2) is 0 Å². The molecule has 1 amide bonds. The molecule has 2 aromatic rings. The van der Waals surface area contributed by atoms with E-state index in [1.54, 1.807) is 17.0 Å². The fourth-order valence-corrected chi connectivity index (χ4v) is 3.79. The number of carbonyl (C=O) groups is 1. The topological polar surface area (TPSA) is 23.6 Å². The van der Waals surface area contributed by atoms with E-state index < -0.39 is 0 Å². The molecule has 0 aromatic heterocycles. The van der Waals surface area contributed by atoms with Crippen LogP contribution in [0.1, 0.15) is 22.3 Å². The molecule has 0 aliphatic carbocycles. The number of benzene rings is 2. The molecular weight excluding hydrogens is 388 g/mol. The van der Waals surface area contributed by atoms with E-state index in [-0.39, 0.29) is 5.91 Å². The van der Waals surface area contributed by atoms with Gasteiger partial charge in [0.1, 0.15) is 0 Å². The number of nitrogens with zero attached hydrogens (tertiary/aromatic N) is 2. The summed E-state index contributed by atoms with van der Waals surface area (Å²) in [5, 5.41) is 0.441. The zero-order valence-electron chi connectivity index (χ0n) is 12.7. The Bertz CT molecular complexity index is 891. The summed E-state index contributed by atoms with van der Waals surface area (Å²) in [4.78, 5) is 17.1. The van der Waals surface area contributed by atoms with E-state index in [4.69, 9.17) is 11.6 Å². The number of anilines is 1. The van der Waals surface area contributed by atoms with Crippen LogP contribution >= 0.6 is 27.5 Å².